The van der Waals surface area contributed by atoms with Crippen LogP contribution in [-0.4, -0.2) is 32.3 Å². The van der Waals surface area contributed by atoms with Gasteiger partial charge in [-0.1, -0.05) is 16.5 Å². The van der Waals surface area contributed by atoms with Crippen LogP contribution in [0.2, 0.25) is 0 Å². The monoisotopic (exact) mass is 312 g/mol. The predicted octanol–water partition coefficient (Wildman–Crippen LogP) is 1.81. The number of hydrogen-bond donors (Lipinski definition) is 1. The van der Waals surface area contributed by atoms with E-state index >= 15 is 0 Å². The SMILES string of the molecule is O=S(Cc1ccon1)c1nnc(NCC(F)(F)F)s1. The van der Waals surface area contributed by atoms with E-state index in [2.05, 4.69) is 25.2 Å². The molecule has 1 N–H and O–H groups in total. The van der Waals surface area contributed by atoms with E-state index in [1.54, 1.807) is 6.07 Å². The van der Waals surface area contributed by atoms with E-state index in [9.17, 15) is 17.4 Å². The van der Waals surface area contributed by atoms with Gasteiger partial charge in [-0.25, -0.2) is 0 Å². The van der Waals surface area contributed by atoms with Crippen molar-refractivity contribution in [3.05, 3.63) is 18.0 Å². The first-order valence-corrected chi connectivity index (χ1v) is 6.99. The van der Waals surface area contributed by atoms with E-state index in [-0.39, 0.29) is 15.2 Å². The number of nitrogens with one attached hydrogen (secondary N) is 1. The van der Waals surface area contributed by atoms with Crippen LogP contribution in [0.1, 0.15) is 5.69 Å². The van der Waals surface area contributed by atoms with Gasteiger partial charge in [-0.15, -0.1) is 10.2 Å². The van der Waals surface area contributed by atoms with Crippen molar-refractivity contribution in [1.82, 2.24) is 15.4 Å². The van der Waals surface area contributed by atoms with Crippen LogP contribution in [0.5, 0.6) is 0 Å². The van der Waals surface area contributed by atoms with E-state index in [0.29, 0.717) is 5.69 Å². The van der Waals surface area contributed by atoms with E-state index in [1.807, 2.05) is 0 Å². The minimum atomic E-state index is -4.34. The Labute approximate surface area is 111 Å². The fraction of sp³-hybridized carbons (Fsp3) is 0.375. The van der Waals surface area contributed by atoms with E-state index in [1.165, 1.54) is 6.26 Å². The molecule has 0 aliphatic carbocycles. The number of nitrogens with zero attached hydrogens (tertiary/aromatic N) is 3. The maximum atomic E-state index is 12.0. The van der Waals surface area contributed by atoms with Gasteiger partial charge in [0.05, 0.1) is 22.2 Å². The fourth-order valence-corrected chi connectivity index (χ4v) is 2.99. The summed E-state index contributed by atoms with van der Waals surface area (Å²) in [4.78, 5) is 0. The average molecular weight is 312 g/mol. The van der Waals surface area contributed by atoms with Gasteiger partial charge in [-0.05, 0) is 0 Å². The predicted molar refractivity (Wildman–Crippen MR) is 61.1 cm³/mol. The summed E-state index contributed by atoms with van der Waals surface area (Å²) in [5.41, 5.74) is 0.471. The van der Waals surface area contributed by atoms with E-state index < -0.39 is 23.5 Å². The van der Waals surface area contributed by atoms with Crippen molar-refractivity contribution >= 4 is 27.3 Å². The first kappa shape index (κ1) is 13.9. The molecule has 2 aromatic heterocycles. The molecule has 0 spiro atoms. The summed E-state index contributed by atoms with van der Waals surface area (Å²) in [5, 5.41) is 12.7. The van der Waals surface area contributed by atoms with Crippen LogP contribution in [0.3, 0.4) is 0 Å². The van der Waals surface area contributed by atoms with Crippen LogP contribution in [0.25, 0.3) is 0 Å². The Bertz CT molecular complexity index is 555. The summed E-state index contributed by atoms with van der Waals surface area (Å²) < 4.78 is 52.4. The van der Waals surface area contributed by atoms with Gasteiger partial charge in [0.1, 0.15) is 12.8 Å². The van der Waals surface area contributed by atoms with Crippen molar-refractivity contribution in [3.63, 3.8) is 0 Å². The Kier molecular flexibility index (Phi) is 4.14. The summed E-state index contributed by atoms with van der Waals surface area (Å²) in [7, 11) is -1.52. The molecule has 0 fully saturated rings. The number of alkyl halides is 3. The quantitative estimate of drug-likeness (QED) is 0.907. The van der Waals surface area contributed by atoms with Crippen LogP contribution in [0.4, 0.5) is 18.3 Å². The number of hydrogen-bond acceptors (Lipinski definition) is 7. The van der Waals surface area contributed by atoms with Gasteiger partial charge < -0.3 is 9.84 Å². The third-order valence-corrected chi connectivity index (χ3v) is 4.32. The average Bonchev–Trinajstić information content (AvgIpc) is 2.95. The van der Waals surface area contributed by atoms with Gasteiger partial charge in [0, 0.05) is 6.07 Å². The number of anilines is 1. The van der Waals surface area contributed by atoms with Gasteiger partial charge in [0.15, 0.2) is 0 Å². The Morgan fingerprint density at radius 3 is 2.84 bits per heavy atom. The molecule has 2 rings (SSSR count). The molecule has 19 heavy (non-hydrogen) atoms. The maximum absolute atomic E-state index is 12.0. The zero-order chi connectivity index (χ0) is 13.9. The lowest BCUT2D eigenvalue weighted by Gasteiger charge is -2.05. The third-order valence-electron chi connectivity index (χ3n) is 1.81. The minimum Gasteiger partial charge on any atom is -0.364 e. The van der Waals surface area contributed by atoms with Crippen LogP contribution in [-0.2, 0) is 16.6 Å². The van der Waals surface area contributed by atoms with Gasteiger partial charge in [0.25, 0.3) is 0 Å². The number of rotatable bonds is 5. The Hall–Kier alpha value is -1.49. The van der Waals surface area contributed by atoms with Crippen molar-refractivity contribution in [3.8, 4) is 0 Å². The van der Waals surface area contributed by atoms with Crippen molar-refractivity contribution in [2.24, 2.45) is 0 Å². The zero-order valence-corrected chi connectivity index (χ0v) is 10.8. The summed E-state index contributed by atoms with van der Waals surface area (Å²) in [6.45, 7) is -1.21. The summed E-state index contributed by atoms with van der Waals surface area (Å²) in [5.74, 6) is 0.0738. The normalized spacial score (nSPS) is 13.4. The maximum Gasteiger partial charge on any atom is 0.405 e. The first-order chi connectivity index (χ1) is 8.94. The zero-order valence-electron chi connectivity index (χ0n) is 9.18. The highest BCUT2D eigenvalue weighted by Crippen LogP contribution is 2.22. The lowest BCUT2D eigenvalue weighted by molar-refractivity contribution is -0.115. The van der Waals surface area contributed by atoms with Gasteiger partial charge in [-0.3, -0.25) is 4.21 Å². The molecule has 6 nitrogen and oxygen atoms in total. The molecule has 1 atom stereocenters. The molecule has 0 aliphatic rings. The van der Waals surface area contributed by atoms with Gasteiger partial charge in [0.2, 0.25) is 9.47 Å². The lowest BCUT2D eigenvalue weighted by Crippen LogP contribution is -2.21. The second kappa shape index (κ2) is 5.65. The topological polar surface area (TPSA) is 80.9 Å². The molecule has 2 aromatic rings. The van der Waals surface area contributed by atoms with Gasteiger partial charge in [-0.2, -0.15) is 13.2 Å². The Balaban J connectivity index is 1.95. The van der Waals surface area contributed by atoms with Crippen molar-refractivity contribution in [2.45, 2.75) is 16.3 Å². The lowest BCUT2D eigenvalue weighted by atomic mass is 10.5. The number of aromatic nitrogens is 3. The van der Waals surface area contributed by atoms with Crippen LogP contribution in [0, 0.1) is 0 Å². The second-order valence-corrected chi connectivity index (χ2v) is 5.92. The van der Waals surface area contributed by atoms with Crippen LogP contribution >= 0.6 is 11.3 Å². The molecule has 0 saturated carbocycles. The standard InChI is InChI=1S/C8H7F3N4O2S2/c9-8(10,11)4-12-6-13-14-7(18-6)19(16)3-5-1-2-17-15-5/h1-2H,3-4H2,(H,12,13). The molecule has 0 aliphatic heterocycles. The van der Waals surface area contributed by atoms with Crippen molar-refractivity contribution in [1.29, 1.82) is 0 Å². The highest BCUT2D eigenvalue weighted by Gasteiger charge is 2.27. The molecule has 0 aromatic carbocycles. The van der Waals surface area contributed by atoms with E-state index in [4.69, 9.17) is 0 Å². The molecule has 0 bridgehead atoms. The van der Waals surface area contributed by atoms with Crippen LogP contribution < -0.4 is 5.32 Å². The smallest absolute Gasteiger partial charge is 0.364 e. The Morgan fingerprint density at radius 1 is 1.42 bits per heavy atom. The molecule has 0 amide bonds. The molecule has 0 radical (unpaired) electrons. The Morgan fingerprint density at radius 2 is 2.21 bits per heavy atom. The van der Waals surface area contributed by atoms with Gasteiger partial charge >= 0.3 is 6.18 Å². The molecule has 11 heteroatoms. The largest absolute Gasteiger partial charge is 0.405 e. The first-order valence-electron chi connectivity index (χ1n) is 4.86. The number of halogens is 3. The minimum absolute atomic E-state index is 0.0270. The molecule has 2 heterocycles. The summed E-state index contributed by atoms with van der Waals surface area (Å²) >= 11 is 0.812. The summed E-state index contributed by atoms with van der Waals surface area (Å²) in [6.07, 6.45) is -3.01. The molecular weight excluding hydrogens is 305 g/mol. The highest BCUT2D eigenvalue weighted by molar-refractivity contribution is 7.86. The molecule has 104 valence electrons. The second-order valence-electron chi connectivity index (χ2n) is 3.32. The molecule has 0 saturated heterocycles. The van der Waals surface area contributed by atoms with Crippen molar-refractivity contribution in [2.75, 3.05) is 11.9 Å². The van der Waals surface area contributed by atoms with Crippen LogP contribution in [0.15, 0.2) is 21.2 Å². The highest BCUT2D eigenvalue weighted by atomic mass is 32.2. The van der Waals surface area contributed by atoms with Crippen molar-refractivity contribution < 1.29 is 21.9 Å². The third kappa shape index (κ3) is 4.28. The molecule has 1 unspecified atom stereocenters. The fourth-order valence-electron chi connectivity index (χ4n) is 1.06. The van der Waals surface area contributed by atoms with E-state index in [0.717, 1.165) is 11.3 Å². The molecular formula is C8H7F3N4O2S2. The summed E-state index contributed by atoms with van der Waals surface area (Å²) in [6, 6.07) is 1.54.